The molecule has 0 aromatic rings. The summed E-state index contributed by atoms with van der Waals surface area (Å²) in [5, 5.41) is 10.2. The number of thioether (sulfide) groups is 1. The van der Waals surface area contributed by atoms with Gasteiger partial charge in [-0.2, -0.15) is 0 Å². The van der Waals surface area contributed by atoms with Gasteiger partial charge in [0.2, 0.25) is 0 Å². The molecule has 0 aliphatic heterocycles. The van der Waals surface area contributed by atoms with Crippen LogP contribution in [0.5, 0.6) is 0 Å². The summed E-state index contributed by atoms with van der Waals surface area (Å²) in [6, 6.07) is 0. The van der Waals surface area contributed by atoms with E-state index in [4.69, 9.17) is 5.11 Å². The normalized spacial score (nSPS) is 10.1. The predicted octanol–water partition coefficient (Wildman–Crippen LogP) is 1.41. The average Bonchev–Trinajstić information content (AvgIpc) is 1.81. The molecule has 1 N–H and O–H groups in total. The van der Waals surface area contributed by atoms with E-state index in [1.807, 2.05) is 11.5 Å². The van der Waals surface area contributed by atoms with Crippen molar-refractivity contribution in [1.29, 1.82) is 0 Å². The van der Waals surface area contributed by atoms with E-state index in [0.717, 1.165) is 5.75 Å². The minimum absolute atomic E-state index is 0.242. The van der Waals surface area contributed by atoms with Crippen LogP contribution in [0.2, 0.25) is 0 Å². The molecule has 0 heterocycles. The van der Waals surface area contributed by atoms with E-state index >= 15 is 0 Å². The van der Waals surface area contributed by atoms with E-state index in [1.54, 1.807) is 17.8 Å². The van der Waals surface area contributed by atoms with Gasteiger partial charge in [0.25, 0.3) is 0 Å². The van der Waals surface area contributed by atoms with Crippen LogP contribution in [-0.4, -0.2) is 17.5 Å². The molecule has 0 aromatic carbocycles. The fourth-order valence-electron chi connectivity index (χ4n) is 0.232. The van der Waals surface area contributed by atoms with Crippen LogP contribution in [0.25, 0.3) is 0 Å². The Morgan fingerprint density at radius 1 is 1.62 bits per heavy atom. The Morgan fingerprint density at radius 3 is 2.88 bits per heavy atom. The summed E-state index contributed by atoms with van der Waals surface area (Å²) >= 11 is 1.58. The lowest BCUT2D eigenvalue weighted by molar-refractivity contribution is 0.322. The van der Waals surface area contributed by atoms with Crippen molar-refractivity contribution < 1.29 is 5.11 Å². The highest BCUT2D eigenvalue weighted by Gasteiger charge is 1.74. The summed E-state index contributed by atoms with van der Waals surface area (Å²) < 4.78 is 0. The van der Waals surface area contributed by atoms with Gasteiger partial charge in [-0.25, -0.2) is 0 Å². The van der Waals surface area contributed by atoms with Gasteiger partial charge >= 0.3 is 0 Å². The van der Waals surface area contributed by atoms with Crippen molar-refractivity contribution in [3.05, 3.63) is 24.1 Å². The van der Waals surface area contributed by atoms with Gasteiger partial charge in [0.15, 0.2) is 0 Å². The van der Waals surface area contributed by atoms with Crippen LogP contribution in [0.3, 0.4) is 0 Å². The summed E-state index contributed by atoms with van der Waals surface area (Å²) in [6.45, 7) is 3.74. The monoisotopic (exact) mass is 130 g/mol. The first-order valence-electron chi connectivity index (χ1n) is 2.42. The Balaban J connectivity index is 2.91. The minimum Gasteiger partial charge on any atom is -0.396 e. The third kappa shape index (κ3) is 5.79. The summed E-state index contributed by atoms with van der Waals surface area (Å²) in [4.78, 5) is 0. The molecule has 0 aromatic heterocycles. The fourth-order valence-corrected chi connectivity index (χ4v) is 0.696. The molecular weight excluding hydrogens is 120 g/mol. The van der Waals surface area contributed by atoms with E-state index in [0.29, 0.717) is 0 Å². The van der Waals surface area contributed by atoms with Crippen LogP contribution in [0.15, 0.2) is 24.1 Å². The van der Waals surface area contributed by atoms with E-state index in [9.17, 15) is 0 Å². The summed E-state index contributed by atoms with van der Waals surface area (Å²) in [7, 11) is 0. The van der Waals surface area contributed by atoms with Crippen molar-refractivity contribution in [2.24, 2.45) is 0 Å². The molecule has 8 heavy (non-hydrogen) atoms. The Hall–Kier alpha value is -0.210. The van der Waals surface area contributed by atoms with Crippen molar-refractivity contribution in [2.45, 2.75) is 0 Å². The van der Waals surface area contributed by atoms with Gasteiger partial charge in [0.1, 0.15) is 0 Å². The van der Waals surface area contributed by atoms with E-state index in [-0.39, 0.29) is 6.61 Å². The molecule has 0 saturated carbocycles. The number of aliphatic hydroxyl groups is 1. The van der Waals surface area contributed by atoms with Crippen LogP contribution in [0, 0.1) is 0 Å². The topological polar surface area (TPSA) is 20.2 Å². The van der Waals surface area contributed by atoms with E-state index < -0.39 is 0 Å². The van der Waals surface area contributed by atoms with Crippen LogP contribution in [0.1, 0.15) is 0 Å². The molecule has 0 unspecified atom stereocenters. The zero-order valence-electron chi connectivity index (χ0n) is 4.71. The lowest BCUT2D eigenvalue weighted by Crippen LogP contribution is -1.81. The highest BCUT2D eigenvalue weighted by Crippen LogP contribution is 1.98. The van der Waals surface area contributed by atoms with Crippen LogP contribution >= 0.6 is 11.8 Å². The maximum Gasteiger partial charge on any atom is 0.0525 e. The van der Waals surface area contributed by atoms with Gasteiger partial charge in [-0.3, -0.25) is 0 Å². The first-order valence-corrected chi connectivity index (χ1v) is 3.46. The largest absolute Gasteiger partial charge is 0.396 e. The summed E-state index contributed by atoms with van der Waals surface area (Å²) in [5.74, 6) is 0.768. The van der Waals surface area contributed by atoms with Crippen LogP contribution in [0.4, 0.5) is 0 Å². The average molecular weight is 130 g/mol. The van der Waals surface area contributed by atoms with Crippen molar-refractivity contribution >= 4 is 11.8 Å². The second-order valence-corrected chi connectivity index (χ2v) is 2.17. The molecule has 0 aliphatic rings. The molecule has 0 atom stereocenters. The maximum atomic E-state index is 8.29. The molecule has 0 radical (unpaired) electrons. The molecule has 0 fully saturated rings. The standard InChI is InChI=1S/C6H10OS/c1-2-3-5-8-6-4-7/h2-3,5,7H,1,4,6H2. The number of aliphatic hydroxyl groups excluding tert-OH is 1. The second-order valence-electron chi connectivity index (χ2n) is 1.16. The molecule has 2 heteroatoms. The van der Waals surface area contributed by atoms with E-state index in [2.05, 4.69) is 6.58 Å². The summed E-state index contributed by atoms with van der Waals surface area (Å²) in [5.41, 5.74) is 0. The fraction of sp³-hybridized carbons (Fsp3) is 0.333. The quantitative estimate of drug-likeness (QED) is 0.458. The molecule has 0 bridgehead atoms. The molecule has 0 rings (SSSR count). The van der Waals surface area contributed by atoms with Gasteiger partial charge in [-0.05, 0) is 5.41 Å². The van der Waals surface area contributed by atoms with Crippen LogP contribution < -0.4 is 0 Å². The van der Waals surface area contributed by atoms with Gasteiger partial charge < -0.3 is 5.11 Å². The second kappa shape index (κ2) is 6.79. The molecule has 46 valence electrons. The Kier molecular flexibility index (Phi) is 6.61. The van der Waals surface area contributed by atoms with Crippen molar-refractivity contribution in [2.75, 3.05) is 12.4 Å². The summed E-state index contributed by atoms with van der Waals surface area (Å²) in [6.07, 6.45) is 3.56. The predicted molar refractivity (Wildman–Crippen MR) is 38.9 cm³/mol. The first-order chi connectivity index (χ1) is 3.91. The SMILES string of the molecule is C=CC=CSCCO. The smallest absolute Gasteiger partial charge is 0.0525 e. The third-order valence-electron chi connectivity index (χ3n) is 0.520. The lowest BCUT2D eigenvalue weighted by atomic mass is 10.6. The molecule has 1 nitrogen and oxygen atoms in total. The maximum absolute atomic E-state index is 8.29. The number of hydrogen-bond acceptors (Lipinski definition) is 2. The number of rotatable bonds is 4. The molecule has 0 amide bonds. The number of allylic oxidation sites excluding steroid dienone is 2. The van der Waals surface area contributed by atoms with Gasteiger partial charge in [-0.15, -0.1) is 11.8 Å². The zero-order valence-corrected chi connectivity index (χ0v) is 5.53. The minimum atomic E-state index is 0.242. The van der Waals surface area contributed by atoms with E-state index in [1.165, 1.54) is 0 Å². The Labute approximate surface area is 54.1 Å². The molecule has 0 spiro atoms. The van der Waals surface area contributed by atoms with Crippen molar-refractivity contribution in [3.63, 3.8) is 0 Å². The Morgan fingerprint density at radius 2 is 2.38 bits per heavy atom. The molecular formula is C6H10OS. The lowest BCUT2D eigenvalue weighted by Gasteiger charge is -1.84. The van der Waals surface area contributed by atoms with Crippen LogP contribution in [-0.2, 0) is 0 Å². The first kappa shape index (κ1) is 7.79. The third-order valence-corrected chi connectivity index (χ3v) is 1.29. The van der Waals surface area contributed by atoms with Crippen molar-refractivity contribution in [1.82, 2.24) is 0 Å². The zero-order chi connectivity index (χ0) is 6.24. The molecule has 0 saturated heterocycles. The highest BCUT2D eigenvalue weighted by molar-refractivity contribution is 8.02. The Bertz CT molecular complexity index is 78.6. The van der Waals surface area contributed by atoms with Crippen molar-refractivity contribution in [3.8, 4) is 0 Å². The van der Waals surface area contributed by atoms with Gasteiger partial charge in [0.05, 0.1) is 6.61 Å². The molecule has 0 aliphatic carbocycles. The highest BCUT2D eigenvalue weighted by atomic mass is 32.2. The number of hydrogen-bond donors (Lipinski definition) is 1. The van der Waals surface area contributed by atoms with Gasteiger partial charge in [-0.1, -0.05) is 18.7 Å². The van der Waals surface area contributed by atoms with Gasteiger partial charge in [0, 0.05) is 5.75 Å².